The largest absolute Gasteiger partial charge is 0.330 e. The quantitative estimate of drug-likeness (QED) is 0.548. The van der Waals surface area contributed by atoms with Crippen molar-refractivity contribution < 1.29 is 0 Å². The summed E-state index contributed by atoms with van der Waals surface area (Å²) in [4.78, 5) is 4.74. The zero-order valence-corrected chi connectivity index (χ0v) is 17.8. The van der Waals surface area contributed by atoms with E-state index >= 15 is 0 Å². The summed E-state index contributed by atoms with van der Waals surface area (Å²) in [6.07, 6.45) is 9.45. The lowest BCUT2D eigenvalue weighted by molar-refractivity contribution is 0.587. The van der Waals surface area contributed by atoms with Crippen molar-refractivity contribution in [3.8, 4) is 6.07 Å². The maximum atomic E-state index is 9.16. The van der Waals surface area contributed by atoms with Crippen molar-refractivity contribution in [2.45, 2.75) is 91.5 Å². The molecule has 0 aliphatic heterocycles. The number of nitriles is 1. The van der Waals surface area contributed by atoms with Crippen molar-refractivity contribution in [1.29, 1.82) is 5.26 Å². The van der Waals surface area contributed by atoms with Crippen molar-refractivity contribution in [2.24, 2.45) is 0 Å². The van der Waals surface area contributed by atoms with Crippen LogP contribution in [0.3, 0.4) is 0 Å². The van der Waals surface area contributed by atoms with Crippen LogP contribution in [0.25, 0.3) is 0 Å². The zero-order valence-electron chi connectivity index (χ0n) is 17.8. The summed E-state index contributed by atoms with van der Waals surface area (Å²) in [5, 5.41) is 9.16. The van der Waals surface area contributed by atoms with Crippen LogP contribution in [0, 0.1) is 11.3 Å². The molecule has 0 atom stereocenters. The summed E-state index contributed by atoms with van der Waals surface area (Å²) < 4.78 is 2.33. The molecule has 0 aliphatic rings. The van der Waals surface area contributed by atoms with Crippen molar-refractivity contribution in [3.05, 3.63) is 52.6 Å². The molecule has 0 aliphatic carbocycles. The first-order valence-corrected chi connectivity index (χ1v) is 10.4. The summed E-state index contributed by atoms with van der Waals surface area (Å²) in [5.74, 6) is 0. The first-order valence-electron chi connectivity index (χ1n) is 10.4. The highest BCUT2D eigenvalue weighted by molar-refractivity contribution is 5.36. The van der Waals surface area contributed by atoms with Gasteiger partial charge in [0, 0.05) is 12.2 Å². The molecular weight excluding hydrogens is 330 g/mol. The summed E-state index contributed by atoms with van der Waals surface area (Å²) in [6.45, 7) is 12.0. The van der Waals surface area contributed by atoms with Crippen LogP contribution in [0.4, 0.5) is 0 Å². The molecule has 0 amide bonds. The van der Waals surface area contributed by atoms with E-state index in [2.05, 4.69) is 63.5 Å². The van der Waals surface area contributed by atoms with Gasteiger partial charge in [0.25, 0.3) is 0 Å². The van der Waals surface area contributed by atoms with E-state index in [-0.39, 0.29) is 5.41 Å². The Morgan fingerprint density at radius 1 is 1.00 bits per heavy atom. The van der Waals surface area contributed by atoms with Gasteiger partial charge in [-0.2, -0.15) is 5.26 Å². The van der Waals surface area contributed by atoms with E-state index in [1.807, 2.05) is 6.33 Å². The maximum absolute atomic E-state index is 9.16. The lowest BCUT2D eigenvalue weighted by Crippen LogP contribution is -2.13. The summed E-state index contributed by atoms with van der Waals surface area (Å²) in [7, 11) is 0. The minimum absolute atomic E-state index is 0.0759. The van der Waals surface area contributed by atoms with Crippen LogP contribution < -0.4 is 0 Å². The third kappa shape index (κ3) is 5.96. The van der Waals surface area contributed by atoms with Crippen LogP contribution >= 0.6 is 0 Å². The number of aryl methyl sites for hydroxylation is 1. The van der Waals surface area contributed by atoms with E-state index < -0.39 is 0 Å². The molecule has 0 radical (unpaired) electrons. The molecule has 2 rings (SSSR count). The van der Waals surface area contributed by atoms with E-state index in [1.165, 1.54) is 48.2 Å². The molecular formula is C24H35N3. The van der Waals surface area contributed by atoms with Gasteiger partial charge in [0.05, 0.1) is 24.5 Å². The minimum atomic E-state index is 0.0759. The summed E-state index contributed by atoms with van der Waals surface area (Å²) in [6, 6.07) is 8.98. The summed E-state index contributed by atoms with van der Waals surface area (Å²) >= 11 is 0. The highest BCUT2D eigenvalue weighted by atomic mass is 15.1. The third-order valence-corrected chi connectivity index (χ3v) is 5.12. The fourth-order valence-electron chi connectivity index (χ4n) is 3.45. The van der Waals surface area contributed by atoms with Gasteiger partial charge in [0.15, 0.2) is 0 Å². The molecule has 0 bridgehead atoms. The zero-order chi connectivity index (χ0) is 19.9. The van der Waals surface area contributed by atoms with Crippen LogP contribution in [0.1, 0.15) is 88.4 Å². The average molecular weight is 366 g/mol. The van der Waals surface area contributed by atoms with Crippen LogP contribution in [0.2, 0.25) is 0 Å². The molecule has 0 fully saturated rings. The molecule has 2 aromatic rings. The fourth-order valence-corrected chi connectivity index (χ4v) is 3.45. The van der Waals surface area contributed by atoms with E-state index in [0.29, 0.717) is 6.42 Å². The lowest BCUT2D eigenvalue weighted by atomic mass is 9.84. The van der Waals surface area contributed by atoms with Gasteiger partial charge in [-0.15, -0.1) is 0 Å². The fraction of sp³-hybridized carbons (Fsp3) is 0.583. The second kappa shape index (κ2) is 9.74. The Labute approximate surface area is 165 Å². The van der Waals surface area contributed by atoms with Gasteiger partial charge in [0.1, 0.15) is 0 Å². The molecule has 0 saturated carbocycles. The van der Waals surface area contributed by atoms with Gasteiger partial charge in [-0.1, -0.05) is 65.7 Å². The molecule has 0 spiro atoms. The van der Waals surface area contributed by atoms with Gasteiger partial charge in [-0.05, 0) is 47.8 Å². The number of aromatic nitrogens is 2. The predicted molar refractivity (Wildman–Crippen MR) is 113 cm³/mol. The molecule has 146 valence electrons. The Balaban J connectivity index is 2.36. The van der Waals surface area contributed by atoms with Crippen molar-refractivity contribution in [2.75, 3.05) is 0 Å². The number of benzene rings is 1. The van der Waals surface area contributed by atoms with Crippen molar-refractivity contribution in [1.82, 2.24) is 9.55 Å². The van der Waals surface area contributed by atoms with Crippen LogP contribution in [-0.2, 0) is 31.2 Å². The Bertz CT molecular complexity index is 772. The highest BCUT2D eigenvalue weighted by Crippen LogP contribution is 2.26. The normalized spacial score (nSPS) is 11.6. The molecule has 0 saturated heterocycles. The summed E-state index contributed by atoms with van der Waals surface area (Å²) in [5.41, 5.74) is 6.42. The molecule has 1 aromatic heterocycles. The first-order chi connectivity index (χ1) is 12.9. The number of unbranched alkanes of at least 4 members (excludes halogenated alkanes) is 2. The smallest absolute Gasteiger partial charge is 0.0954 e. The van der Waals surface area contributed by atoms with Gasteiger partial charge < -0.3 is 4.57 Å². The van der Waals surface area contributed by atoms with Crippen LogP contribution in [-0.4, -0.2) is 9.55 Å². The third-order valence-electron chi connectivity index (χ3n) is 5.12. The van der Waals surface area contributed by atoms with E-state index in [9.17, 15) is 0 Å². The molecule has 0 N–H and O–H groups in total. The Morgan fingerprint density at radius 3 is 2.30 bits per heavy atom. The van der Waals surface area contributed by atoms with Gasteiger partial charge in [-0.3, -0.25) is 0 Å². The number of nitrogens with zero attached hydrogens (tertiary/aromatic N) is 3. The molecule has 27 heavy (non-hydrogen) atoms. The number of hydrogen-bond donors (Lipinski definition) is 0. The lowest BCUT2D eigenvalue weighted by Gasteiger charge is -2.21. The number of rotatable bonds is 9. The minimum Gasteiger partial charge on any atom is -0.330 e. The van der Waals surface area contributed by atoms with E-state index in [0.717, 1.165) is 24.9 Å². The molecule has 3 heteroatoms. The first kappa shape index (κ1) is 21.2. The van der Waals surface area contributed by atoms with E-state index in [1.54, 1.807) is 0 Å². The number of hydrogen-bond acceptors (Lipinski definition) is 2. The monoisotopic (exact) mass is 365 g/mol. The standard InChI is InChI=1S/C24H35N3/c1-6-8-10-22-23(11-9-7-2)27(18-26-22)17-20-14-19(12-13-25)15-21(16-20)24(3,4)5/h14-16,18H,6-12,17H2,1-5H3. The maximum Gasteiger partial charge on any atom is 0.0954 e. The molecule has 1 heterocycles. The highest BCUT2D eigenvalue weighted by Gasteiger charge is 2.17. The SMILES string of the molecule is CCCCc1ncn(Cc2cc(CC#N)cc(C(C)(C)C)c2)c1CCCC. The number of imidazole rings is 1. The van der Waals surface area contributed by atoms with Crippen molar-refractivity contribution >= 4 is 0 Å². The average Bonchev–Trinajstić information content (AvgIpc) is 2.99. The topological polar surface area (TPSA) is 41.6 Å². The molecule has 3 nitrogen and oxygen atoms in total. The Hall–Kier alpha value is -2.08. The Morgan fingerprint density at radius 2 is 1.67 bits per heavy atom. The van der Waals surface area contributed by atoms with Crippen LogP contribution in [0.15, 0.2) is 24.5 Å². The van der Waals surface area contributed by atoms with E-state index in [4.69, 9.17) is 10.2 Å². The van der Waals surface area contributed by atoms with Gasteiger partial charge in [-0.25, -0.2) is 4.98 Å². The second-order valence-electron chi connectivity index (χ2n) is 8.60. The van der Waals surface area contributed by atoms with Crippen molar-refractivity contribution in [3.63, 3.8) is 0 Å². The Kier molecular flexibility index (Phi) is 7.66. The second-order valence-corrected chi connectivity index (χ2v) is 8.60. The van der Waals surface area contributed by atoms with Gasteiger partial charge >= 0.3 is 0 Å². The van der Waals surface area contributed by atoms with Crippen LogP contribution in [0.5, 0.6) is 0 Å². The molecule has 0 unspecified atom stereocenters. The molecule has 1 aromatic carbocycles. The van der Waals surface area contributed by atoms with Gasteiger partial charge in [0.2, 0.25) is 0 Å². The predicted octanol–water partition coefficient (Wildman–Crippen LogP) is 5.98.